The number of benzene rings is 1. The molecule has 0 aliphatic heterocycles. The minimum atomic E-state index is -3.74. The SMILES string of the molecule is O=S(=O)(Cl)c1ccc(B(O)O)cc1. The van der Waals surface area contributed by atoms with Crippen molar-refractivity contribution in [2.45, 2.75) is 4.90 Å². The van der Waals surface area contributed by atoms with E-state index >= 15 is 0 Å². The van der Waals surface area contributed by atoms with Gasteiger partial charge in [0.25, 0.3) is 9.05 Å². The molecule has 1 rings (SSSR count). The molecule has 0 spiro atoms. The quantitative estimate of drug-likeness (QED) is 0.510. The van der Waals surface area contributed by atoms with Crippen LogP contribution in [-0.4, -0.2) is 25.6 Å². The van der Waals surface area contributed by atoms with Crippen molar-refractivity contribution >= 4 is 32.3 Å². The van der Waals surface area contributed by atoms with E-state index < -0.39 is 16.2 Å². The number of rotatable bonds is 2. The van der Waals surface area contributed by atoms with E-state index in [1.165, 1.54) is 24.3 Å². The fourth-order valence-electron chi connectivity index (χ4n) is 0.803. The van der Waals surface area contributed by atoms with Crippen LogP contribution in [-0.2, 0) is 9.05 Å². The molecule has 0 fully saturated rings. The summed E-state index contributed by atoms with van der Waals surface area (Å²) in [5.74, 6) is 0. The van der Waals surface area contributed by atoms with Crippen molar-refractivity contribution in [2.24, 2.45) is 0 Å². The van der Waals surface area contributed by atoms with Gasteiger partial charge in [-0.15, -0.1) is 0 Å². The van der Waals surface area contributed by atoms with E-state index in [9.17, 15) is 8.42 Å². The third kappa shape index (κ3) is 2.70. The predicted molar refractivity (Wildman–Crippen MR) is 49.3 cm³/mol. The van der Waals surface area contributed by atoms with Crippen LogP contribution in [0.15, 0.2) is 29.2 Å². The molecule has 0 saturated heterocycles. The van der Waals surface area contributed by atoms with Gasteiger partial charge < -0.3 is 10.0 Å². The van der Waals surface area contributed by atoms with Crippen molar-refractivity contribution in [1.82, 2.24) is 0 Å². The molecule has 0 heterocycles. The second-order valence-corrected chi connectivity index (χ2v) is 4.95. The van der Waals surface area contributed by atoms with Crippen molar-refractivity contribution in [1.29, 1.82) is 0 Å². The summed E-state index contributed by atoms with van der Waals surface area (Å²) in [6.45, 7) is 0. The molecule has 2 N–H and O–H groups in total. The van der Waals surface area contributed by atoms with E-state index in [0.717, 1.165) is 0 Å². The van der Waals surface area contributed by atoms with Crippen LogP contribution in [0.4, 0.5) is 0 Å². The summed E-state index contributed by atoms with van der Waals surface area (Å²) in [7, 11) is -0.303. The summed E-state index contributed by atoms with van der Waals surface area (Å²) in [5.41, 5.74) is 0.212. The van der Waals surface area contributed by atoms with Crippen molar-refractivity contribution in [2.75, 3.05) is 0 Å². The first-order valence-electron chi connectivity index (χ1n) is 3.32. The Morgan fingerprint density at radius 2 is 1.62 bits per heavy atom. The molecule has 0 saturated carbocycles. The molecule has 0 aliphatic rings. The Balaban J connectivity index is 3.08. The van der Waals surface area contributed by atoms with Gasteiger partial charge in [0.15, 0.2) is 0 Å². The highest BCUT2D eigenvalue weighted by molar-refractivity contribution is 8.13. The van der Waals surface area contributed by atoms with E-state index in [4.69, 9.17) is 20.7 Å². The average Bonchev–Trinajstić information content (AvgIpc) is 2.03. The Morgan fingerprint density at radius 1 is 1.15 bits per heavy atom. The Hall–Kier alpha value is -0.555. The van der Waals surface area contributed by atoms with Gasteiger partial charge in [0.2, 0.25) is 0 Å². The van der Waals surface area contributed by atoms with Crippen LogP contribution >= 0.6 is 10.7 Å². The van der Waals surface area contributed by atoms with Gasteiger partial charge in [-0.3, -0.25) is 0 Å². The van der Waals surface area contributed by atoms with Crippen LogP contribution in [0.1, 0.15) is 0 Å². The smallest absolute Gasteiger partial charge is 0.423 e. The standard InChI is InChI=1S/C6H6BClO4S/c8-13(11,12)6-3-1-5(2-4-6)7(9)10/h1-4,9-10H. The molecule has 1 aromatic carbocycles. The second kappa shape index (κ2) is 3.67. The molecule has 0 aromatic heterocycles. The first kappa shape index (κ1) is 10.5. The van der Waals surface area contributed by atoms with Crippen LogP contribution in [0.5, 0.6) is 0 Å². The maximum atomic E-state index is 10.8. The zero-order valence-corrected chi connectivity index (χ0v) is 7.96. The summed E-state index contributed by atoms with van der Waals surface area (Å²) in [4.78, 5) is -0.0708. The lowest BCUT2D eigenvalue weighted by Crippen LogP contribution is -2.29. The molecule has 0 amide bonds. The highest BCUT2D eigenvalue weighted by atomic mass is 35.7. The van der Waals surface area contributed by atoms with Gasteiger partial charge in [0, 0.05) is 10.7 Å². The van der Waals surface area contributed by atoms with E-state index in [-0.39, 0.29) is 10.4 Å². The van der Waals surface area contributed by atoms with Crippen LogP contribution in [0.25, 0.3) is 0 Å². The van der Waals surface area contributed by atoms with E-state index in [0.29, 0.717) is 0 Å². The lowest BCUT2D eigenvalue weighted by molar-refractivity contribution is 0.425. The van der Waals surface area contributed by atoms with Gasteiger partial charge in [0.05, 0.1) is 4.90 Å². The summed E-state index contributed by atoms with van der Waals surface area (Å²) >= 11 is 0. The molecular weight excluding hydrogens is 214 g/mol. The first-order valence-corrected chi connectivity index (χ1v) is 5.63. The topological polar surface area (TPSA) is 74.6 Å². The molecule has 70 valence electrons. The maximum absolute atomic E-state index is 10.8. The van der Waals surface area contributed by atoms with Gasteiger partial charge >= 0.3 is 7.12 Å². The normalized spacial score (nSPS) is 11.3. The van der Waals surface area contributed by atoms with E-state index in [1.807, 2.05) is 0 Å². The largest absolute Gasteiger partial charge is 0.488 e. The molecule has 0 atom stereocenters. The predicted octanol–water partition coefficient (Wildman–Crippen LogP) is -0.706. The number of hydrogen-bond donors (Lipinski definition) is 2. The van der Waals surface area contributed by atoms with Crippen molar-refractivity contribution < 1.29 is 18.5 Å². The van der Waals surface area contributed by atoms with E-state index in [2.05, 4.69) is 0 Å². The molecular formula is C6H6BClO4S. The summed E-state index contributed by atoms with van der Waals surface area (Å²) in [6.07, 6.45) is 0. The van der Waals surface area contributed by atoms with Crippen LogP contribution in [0.2, 0.25) is 0 Å². The van der Waals surface area contributed by atoms with E-state index in [1.54, 1.807) is 0 Å². The molecule has 0 radical (unpaired) electrons. The number of hydrogen-bond acceptors (Lipinski definition) is 4. The lowest BCUT2D eigenvalue weighted by atomic mass is 9.81. The highest BCUT2D eigenvalue weighted by Crippen LogP contribution is 2.12. The van der Waals surface area contributed by atoms with Gasteiger partial charge in [-0.2, -0.15) is 0 Å². The van der Waals surface area contributed by atoms with Gasteiger partial charge in [-0.1, -0.05) is 12.1 Å². The Bertz CT molecular complexity index is 386. The fourth-order valence-corrected chi connectivity index (χ4v) is 1.57. The number of halogens is 1. The van der Waals surface area contributed by atoms with Gasteiger partial charge in [-0.25, -0.2) is 8.42 Å². The molecule has 0 aliphatic carbocycles. The third-order valence-corrected chi connectivity index (χ3v) is 2.83. The Morgan fingerprint density at radius 3 is 1.92 bits per heavy atom. The second-order valence-electron chi connectivity index (χ2n) is 2.38. The van der Waals surface area contributed by atoms with Gasteiger partial charge in [-0.05, 0) is 17.6 Å². The van der Waals surface area contributed by atoms with Crippen LogP contribution < -0.4 is 5.46 Å². The van der Waals surface area contributed by atoms with Gasteiger partial charge in [0.1, 0.15) is 0 Å². The average molecular weight is 220 g/mol. The first-order chi connectivity index (χ1) is 5.91. The minimum absolute atomic E-state index is 0.0708. The monoisotopic (exact) mass is 220 g/mol. The Labute approximate surface area is 80.3 Å². The lowest BCUT2D eigenvalue weighted by Gasteiger charge is -1.99. The maximum Gasteiger partial charge on any atom is 0.488 e. The zero-order chi connectivity index (χ0) is 10.1. The molecule has 0 unspecified atom stereocenters. The van der Waals surface area contributed by atoms with Crippen LogP contribution in [0.3, 0.4) is 0 Å². The molecule has 7 heteroatoms. The highest BCUT2D eigenvalue weighted by Gasteiger charge is 2.13. The zero-order valence-electron chi connectivity index (χ0n) is 6.38. The summed E-state index contributed by atoms with van der Waals surface area (Å²) < 4.78 is 21.5. The van der Waals surface area contributed by atoms with Crippen molar-refractivity contribution in [3.05, 3.63) is 24.3 Å². The molecule has 0 bridgehead atoms. The fraction of sp³-hybridized carbons (Fsp3) is 0. The van der Waals surface area contributed by atoms with Crippen LogP contribution in [0, 0.1) is 0 Å². The third-order valence-electron chi connectivity index (χ3n) is 1.46. The summed E-state index contributed by atoms with van der Waals surface area (Å²) in [5, 5.41) is 17.4. The molecule has 1 aromatic rings. The minimum Gasteiger partial charge on any atom is -0.423 e. The summed E-state index contributed by atoms with van der Waals surface area (Å²) in [6, 6.07) is 4.97. The Kier molecular flexibility index (Phi) is 2.97. The van der Waals surface area contributed by atoms with Crippen molar-refractivity contribution in [3.8, 4) is 0 Å². The molecule has 4 nitrogen and oxygen atoms in total. The molecule has 13 heavy (non-hydrogen) atoms. The van der Waals surface area contributed by atoms with Crippen molar-refractivity contribution in [3.63, 3.8) is 0 Å².